The van der Waals surface area contributed by atoms with Crippen molar-refractivity contribution in [3.8, 4) is 11.4 Å². The van der Waals surface area contributed by atoms with Gasteiger partial charge in [0.1, 0.15) is 11.3 Å². The van der Waals surface area contributed by atoms with Gasteiger partial charge in [-0.25, -0.2) is 14.8 Å². The zero-order chi connectivity index (χ0) is 22.0. The molecule has 1 spiro atoms. The molecule has 0 atom stereocenters. The summed E-state index contributed by atoms with van der Waals surface area (Å²) < 4.78 is 5.79. The van der Waals surface area contributed by atoms with E-state index in [0.29, 0.717) is 43.7 Å². The van der Waals surface area contributed by atoms with Crippen LogP contribution in [0.5, 0.6) is 0 Å². The average Bonchev–Trinajstić information content (AvgIpc) is 3.16. The van der Waals surface area contributed by atoms with Crippen LogP contribution in [0.15, 0.2) is 67.1 Å². The van der Waals surface area contributed by atoms with Gasteiger partial charge in [-0.1, -0.05) is 24.3 Å². The number of amides is 2. The molecular formula is C24H23N5O3. The van der Waals surface area contributed by atoms with Gasteiger partial charge in [0.2, 0.25) is 5.91 Å². The molecule has 3 aromatic rings. The normalized spacial score (nSPS) is 22.6. The Balaban J connectivity index is 1.18. The second-order valence-corrected chi connectivity index (χ2v) is 8.24. The van der Waals surface area contributed by atoms with Gasteiger partial charge < -0.3 is 10.1 Å². The minimum Gasteiger partial charge on any atom is -0.441 e. The fraction of sp³-hybridized carbons (Fsp3) is 0.292. The van der Waals surface area contributed by atoms with Crippen LogP contribution in [0, 0.1) is 5.92 Å². The molecule has 1 aromatic carbocycles. The highest BCUT2D eigenvalue weighted by molar-refractivity contribution is 5.92. The van der Waals surface area contributed by atoms with Gasteiger partial charge in [-0.2, -0.15) is 0 Å². The zero-order valence-electron chi connectivity index (χ0n) is 17.5. The number of anilines is 2. The number of hydrogen-bond donors (Lipinski definition) is 1. The van der Waals surface area contributed by atoms with Crippen LogP contribution in [0.25, 0.3) is 11.4 Å². The Morgan fingerprint density at radius 3 is 2.44 bits per heavy atom. The fourth-order valence-electron chi connectivity index (χ4n) is 4.36. The first kappa shape index (κ1) is 20.1. The van der Waals surface area contributed by atoms with Crippen molar-refractivity contribution >= 4 is 23.5 Å². The maximum Gasteiger partial charge on any atom is 0.415 e. The number of benzene rings is 1. The summed E-state index contributed by atoms with van der Waals surface area (Å²) in [5, 5.41) is 2.86. The molecule has 0 unspecified atom stereocenters. The minimum absolute atomic E-state index is 0.0797. The number of carbonyl (C=O) groups excluding carboxylic acids is 2. The van der Waals surface area contributed by atoms with Gasteiger partial charge in [-0.3, -0.25) is 14.7 Å². The summed E-state index contributed by atoms with van der Waals surface area (Å²) in [7, 11) is 0. The molecule has 32 heavy (non-hydrogen) atoms. The van der Waals surface area contributed by atoms with Crippen molar-refractivity contribution in [1.29, 1.82) is 0 Å². The predicted octanol–water partition coefficient (Wildman–Crippen LogP) is 4.06. The van der Waals surface area contributed by atoms with Gasteiger partial charge in [-0.15, -0.1) is 0 Å². The van der Waals surface area contributed by atoms with E-state index in [1.165, 1.54) is 0 Å². The van der Waals surface area contributed by atoms with Crippen molar-refractivity contribution in [3.05, 3.63) is 67.1 Å². The Labute approximate surface area is 185 Å². The molecule has 1 saturated carbocycles. The van der Waals surface area contributed by atoms with E-state index in [0.717, 1.165) is 11.4 Å². The molecule has 2 aromatic heterocycles. The molecule has 1 aliphatic carbocycles. The lowest BCUT2D eigenvalue weighted by Gasteiger charge is -2.34. The number of ether oxygens (including phenoxy) is 1. The number of para-hydroxylation sites is 1. The summed E-state index contributed by atoms with van der Waals surface area (Å²) in [4.78, 5) is 39.8. The highest BCUT2D eigenvalue weighted by Gasteiger charge is 2.48. The van der Waals surface area contributed by atoms with Crippen LogP contribution in [0.1, 0.15) is 25.7 Å². The van der Waals surface area contributed by atoms with E-state index in [4.69, 9.17) is 4.74 Å². The Morgan fingerprint density at radius 1 is 0.969 bits per heavy atom. The number of rotatable bonds is 4. The molecule has 2 aliphatic rings. The SMILES string of the molecule is O=C1O[C@]2(CC[C@@H](C(=O)Nc3cnc(-c4ccccn4)cn3)CC2)CN1c1ccccc1. The lowest BCUT2D eigenvalue weighted by Crippen LogP contribution is -2.41. The van der Waals surface area contributed by atoms with Crippen LogP contribution in [-0.2, 0) is 9.53 Å². The largest absolute Gasteiger partial charge is 0.441 e. The van der Waals surface area contributed by atoms with Crippen LogP contribution in [0.3, 0.4) is 0 Å². The molecule has 8 nitrogen and oxygen atoms in total. The molecule has 162 valence electrons. The van der Waals surface area contributed by atoms with Gasteiger partial charge in [0.05, 0.1) is 24.6 Å². The minimum atomic E-state index is -0.520. The van der Waals surface area contributed by atoms with Crippen molar-refractivity contribution in [1.82, 2.24) is 15.0 Å². The van der Waals surface area contributed by atoms with Crippen LogP contribution in [0.2, 0.25) is 0 Å². The van der Waals surface area contributed by atoms with E-state index in [1.54, 1.807) is 23.5 Å². The molecule has 3 heterocycles. The van der Waals surface area contributed by atoms with Crippen molar-refractivity contribution in [3.63, 3.8) is 0 Å². The highest BCUT2D eigenvalue weighted by Crippen LogP contribution is 2.41. The highest BCUT2D eigenvalue weighted by atomic mass is 16.6. The monoisotopic (exact) mass is 429 g/mol. The summed E-state index contributed by atoms with van der Waals surface area (Å²) in [6.45, 7) is 0.518. The van der Waals surface area contributed by atoms with Crippen LogP contribution in [0.4, 0.5) is 16.3 Å². The number of carbonyl (C=O) groups is 2. The Hall–Kier alpha value is -3.81. The number of pyridine rings is 1. The molecule has 0 bridgehead atoms. The van der Waals surface area contributed by atoms with Crippen molar-refractivity contribution in [2.45, 2.75) is 31.3 Å². The standard InChI is InChI=1S/C24H23N5O3/c30-22(28-21-15-26-20(14-27-21)19-8-4-5-13-25-19)17-9-11-24(12-10-17)16-29(23(31)32-24)18-6-2-1-3-7-18/h1-8,13-15,17H,9-12,16H2,(H,27,28,30)/t17-,24+. The molecule has 5 rings (SSSR count). The van der Waals surface area contributed by atoms with Gasteiger partial charge in [0.15, 0.2) is 5.82 Å². The first-order valence-electron chi connectivity index (χ1n) is 10.7. The van der Waals surface area contributed by atoms with Gasteiger partial charge >= 0.3 is 6.09 Å². The smallest absolute Gasteiger partial charge is 0.415 e. The summed E-state index contributed by atoms with van der Waals surface area (Å²) in [6.07, 6.45) is 7.15. The molecule has 1 saturated heterocycles. The van der Waals surface area contributed by atoms with Crippen molar-refractivity contribution in [2.75, 3.05) is 16.8 Å². The molecule has 1 N–H and O–H groups in total. The van der Waals surface area contributed by atoms with Gasteiger partial charge in [0, 0.05) is 17.8 Å². The van der Waals surface area contributed by atoms with Crippen LogP contribution < -0.4 is 10.2 Å². The molecule has 2 amide bonds. The third-order valence-corrected chi connectivity index (χ3v) is 6.14. The Kier molecular flexibility index (Phi) is 5.26. The second-order valence-electron chi connectivity index (χ2n) is 8.24. The quantitative estimate of drug-likeness (QED) is 0.672. The summed E-state index contributed by atoms with van der Waals surface area (Å²) in [5.41, 5.74) is 1.69. The molecular weight excluding hydrogens is 406 g/mol. The summed E-state index contributed by atoms with van der Waals surface area (Å²) >= 11 is 0. The lowest BCUT2D eigenvalue weighted by atomic mass is 9.78. The van der Waals surface area contributed by atoms with E-state index in [2.05, 4.69) is 20.3 Å². The maximum atomic E-state index is 12.8. The number of aromatic nitrogens is 3. The molecule has 2 fully saturated rings. The first-order valence-corrected chi connectivity index (χ1v) is 10.7. The Bertz CT molecular complexity index is 1100. The topological polar surface area (TPSA) is 97.3 Å². The lowest BCUT2D eigenvalue weighted by molar-refractivity contribution is -0.122. The van der Waals surface area contributed by atoms with E-state index >= 15 is 0 Å². The molecule has 8 heteroatoms. The number of nitrogens with zero attached hydrogens (tertiary/aromatic N) is 4. The van der Waals surface area contributed by atoms with E-state index < -0.39 is 5.60 Å². The van der Waals surface area contributed by atoms with Crippen molar-refractivity contribution in [2.24, 2.45) is 5.92 Å². The summed E-state index contributed by atoms with van der Waals surface area (Å²) in [5.74, 6) is 0.184. The van der Waals surface area contributed by atoms with E-state index in [1.807, 2.05) is 48.5 Å². The number of nitrogens with one attached hydrogen (secondary N) is 1. The predicted molar refractivity (Wildman–Crippen MR) is 119 cm³/mol. The van der Waals surface area contributed by atoms with Gasteiger partial charge in [-0.05, 0) is 49.9 Å². The second kappa shape index (κ2) is 8.37. The first-order chi connectivity index (χ1) is 15.6. The maximum absolute atomic E-state index is 12.8. The third-order valence-electron chi connectivity index (χ3n) is 6.14. The van der Waals surface area contributed by atoms with Gasteiger partial charge in [0.25, 0.3) is 0 Å². The zero-order valence-corrected chi connectivity index (χ0v) is 17.5. The van der Waals surface area contributed by atoms with Crippen molar-refractivity contribution < 1.29 is 14.3 Å². The fourth-order valence-corrected chi connectivity index (χ4v) is 4.36. The van der Waals surface area contributed by atoms with Crippen LogP contribution >= 0.6 is 0 Å². The molecule has 0 radical (unpaired) electrons. The third kappa shape index (κ3) is 4.03. The Morgan fingerprint density at radius 2 is 1.75 bits per heavy atom. The van der Waals surface area contributed by atoms with E-state index in [-0.39, 0.29) is 17.9 Å². The van der Waals surface area contributed by atoms with E-state index in [9.17, 15) is 9.59 Å². The average molecular weight is 429 g/mol. The molecule has 1 aliphatic heterocycles. The number of hydrogen-bond acceptors (Lipinski definition) is 6. The summed E-state index contributed by atoms with van der Waals surface area (Å²) in [6, 6.07) is 15.1. The van der Waals surface area contributed by atoms with Crippen LogP contribution in [-0.4, -0.2) is 39.1 Å².